The maximum atomic E-state index is 11.9. The molecule has 0 bridgehead atoms. The van der Waals surface area contributed by atoms with Crippen LogP contribution in [0.3, 0.4) is 0 Å². The fourth-order valence-corrected chi connectivity index (χ4v) is 3.73. The maximum Gasteiger partial charge on any atom is 0.240 e. The largest absolute Gasteiger partial charge is 0.372 e. The fraction of sp³-hybridized carbons (Fsp3) is 0.381. The molecule has 0 atom stereocenters. The maximum absolute atomic E-state index is 11.9. The average molecular weight is 418 g/mol. The van der Waals surface area contributed by atoms with Crippen molar-refractivity contribution in [2.75, 3.05) is 38.6 Å². The van der Waals surface area contributed by atoms with Crippen LogP contribution in [0.25, 0.3) is 0 Å². The molecule has 0 aliphatic carbocycles. The molecule has 0 radical (unpaired) electrons. The quantitative estimate of drug-likeness (QED) is 0.313. The van der Waals surface area contributed by atoms with E-state index < -0.39 is 10.0 Å². The second-order valence-electron chi connectivity index (χ2n) is 6.48. The Kier molecular flexibility index (Phi) is 8.95. The molecular formula is C21H31N5O2S. The normalized spacial score (nSPS) is 11.9. The van der Waals surface area contributed by atoms with Crippen molar-refractivity contribution in [1.29, 1.82) is 0 Å². The number of aliphatic imine (C=N–C) groups is 1. The van der Waals surface area contributed by atoms with E-state index in [9.17, 15) is 8.42 Å². The highest BCUT2D eigenvalue weighted by molar-refractivity contribution is 7.89. The minimum Gasteiger partial charge on any atom is -0.372 e. The predicted molar refractivity (Wildman–Crippen MR) is 120 cm³/mol. The average Bonchev–Trinajstić information content (AvgIpc) is 2.76. The number of anilines is 1. The van der Waals surface area contributed by atoms with Gasteiger partial charge >= 0.3 is 0 Å². The first-order chi connectivity index (χ1) is 14.0. The van der Waals surface area contributed by atoms with Crippen molar-refractivity contribution >= 4 is 21.7 Å². The van der Waals surface area contributed by atoms with Gasteiger partial charge in [-0.3, -0.25) is 4.99 Å². The molecule has 2 aromatic carbocycles. The van der Waals surface area contributed by atoms with Crippen LogP contribution >= 0.6 is 0 Å². The molecule has 0 heterocycles. The van der Waals surface area contributed by atoms with Gasteiger partial charge in [-0.05, 0) is 50.2 Å². The van der Waals surface area contributed by atoms with E-state index in [2.05, 4.69) is 56.4 Å². The zero-order valence-corrected chi connectivity index (χ0v) is 18.2. The molecule has 8 heteroatoms. The van der Waals surface area contributed by atoms with Gasteiger partial charge in [0.2, 0.25) is 10.0 Å². The standard InChI is InChI=1S/C21H31N5O2S/c1-4-26(19-11-6-5-7-12-19)15-9-14-24-21(22-2)25-17-18-10-8-13-20(16-18)29(27,28)23-3/h5-8,10-13,16,23H,4,9,14-15,17H2,1-3H3,(H2,22,24,25). The highest BCUT2D eigenvalue weighted by atomic mass is 32.2. The molecule has 0 amide bonds. The van der Waals surface area contributed by atoms with Gasteiger partial charge in [0.25, 0.3) is 0 Å². The number of hydrogen-bond acceptors (Lipinski definition) is 4. The third-order valence-electron chi connectivity index (χ3n) is 4.56. The third kappa shape index (κ3) is 7.07. The summed E-state index contributed by atoms with van der Waals surface area (Å²) in [6, 6.07) is 17.2. The lowest BCUT2D eigenvalue weighted by Crippen LogP contribution is -2.38. The zero-order chi connectivity index (χ0) is 21.1. The molecule has 0 saturated heterocycles. The van der Waals surface area contributed by atoms with Gasteiger partial charge in [0.15, 0.2) is 5.96 Å². The van der Waals surface area contributed by atoms with E-state index in [1.807, 2.05) is 12.1 Å². The first-order valence-corrected chi connectivity index (χ1v) is 11.3. The third-order valence-corrected chi connectivity index (χ3v) is 5.97. The van der Waals surface area contributed by atoms with Crippen LogP contribution in [-0.4, -0.2) is 48.1 Å². The topological polar surface area (TPSA) is 85.8 Å². The van der Waals surface area contributed by atoms with Gasteiger partial charge in [-0.25, -0.2) is 13.1 Å². The zero-order valence-electron chi connectivity index (χ0n) is 17.4. The Balaban J connectivity index is 1.80. The Hall–Kier alpha value is -2.58. The van der Waals surface area contributed by atoms with E-state index in [0.29, 0.717) is 12.5 Å². The molecule has 2 aromatic rings. The van der Waals surface area contributed by atoms with Crippen LogP contribution in [0.4, 0.5) is 5.69 Å². The van der Waals surface area contributed by atoms with Crippen LogP contribution in [0.2, 0.25) is 0 Å². The monoisotopic (exact) mass is 417 g/mol. The van der Waals surface area contributed by atoms with Crippen molar-refractivity contribution in [2.45, 2.75) is 24.8 Å². The Morgan fingerprint density at radius 3 is 2.48 bits per heavy atom. The summed E-state index contributed by atoms with van der Waals surface area (Å²) in [5, 5.41) is 6.53. The first kappa shape index (κ1) is 22.7. The summed E-state index contributed by atoms with van der Waals surface area (Å²) in [6.45, 7) is 5.34. The Morgan fingerprint density at radius 2 is 1.83 bits per heavy atom. The second kappa shape index (κ2) is 11.4. The number of sulfonamides is 1. The molecular weight excluding hydrogens is 386 g/mol. The SMILES string of the molecule is CCN(CCCNC(=NC)NCc1cccc(S(=O)(=O)NC)c1)c1ccccc1. The van der Waals surface area contributed by atoms with Crippen LogP contribution in [-0.2, 0) is 16.6 Å². The summed E-state index contributed by atoms with van der Waals surface area (Å²) in [6.07, 6.45) is 0.972. The molecule has 7 nitrogen and oxygen atoms in total. The van der Waals surface area contributed by atoms with Crippen molar-refractivity contribution in [2.24, 2.45) is 4.99 Å². The molecule has 0 aliphatic heterocycles. The molecule has 2 rings (SSSR count). The second-order valence-corrected chi connectivity index (χ2v) is 8.36. The van der Waals surface area contributed by atoms with Crippen LogP contribution in [0, 0.1) is 0 Å². The van der Waals surface area contributed by atoms with E-state index in [1.54, 1.807) is 25.2 Å². The molecule has 29 heavy (non-hydrogen) atoms. The molecule has 0 aromatic heterocycles. The van der Waals surface area contributed by atoms with Crippen LogP contribution in [0.5, 0.6) is 0 Å². The van der Waals surface area contributed by atoms with Crippen molar-refractivity contribution in [1.82, 2.24) is 15.4 Å². The van der Waals surface area contributed by atoms with Crippen molar-refractivity contribution in [3.05, 3.63) is 60.2 Å². The number of benzene rings is 2. The number of hydrogen-bond donors (Lipinski definition) is 3. The Bertz CT molecular complexity index is 885. The van der Waals surface area contributed by atoms with E-state index >= 15 is 0 Å². The van der Waals surface area contributed by atoms with Crippen molar-refractivity contribution in [3.63, 3.8) is 0 Å². The summed E-state index contributed by atoms with van der Waals surface area (Å²) in [4.78, 5) is 6.83. The van der Waals surface area contributed by atoms with Gasteiger partial charge in [0.1, 0.15) is 0 Å². The summed E-state index contributed by atoms with van der Waals surface area (Å²) in [5.74, 6) is 0.689. The minimum absolute atomic E-state index is 0.253. The lowest BCUT2D eigenvalue weighted by molar-refractivity contribution is 0.588. The van der Waals surface area contributed by atoms with Gasteiger partial charge in [0.05, 0.1) is 4.90 Å². The number of nitrogens with zero attached hydrogens (tertiary/aromatic N) is 2. The van der Waals surface area contributed by atoms with Crippen LogP contribution < -0.4 is 20.3 Å². The first-order valence-electron chi connectivity index (χ1n) is 9.77. The molecule has 0 fully saturated rings. The highest BCUT2D eigenvalue weighted by Gasteiger charge is 2.11. The van der Waals surface area contributed by atoms with Gasteiger partial charge in [-0.15, -0.1) is 0 Å². The Labute approximate surface area is 174 Å². The molecule has 158 valence electrons. The van der Waals surface area contributed by atoms with Crippen molar-refractivity contribution < 1.29 is 8.42 Å². The number of nitrogens with one attached hydrogen (secondary N) is 3. The highest BCUT2D eigenvalue weighted by Crippen LogP contribution is 2.13. The van der Waals surface area contributed by atoms with E-state index in [-0.39, 0.29) is 4.90 Å². The summed E-state index contributed by atoms with van der Waals surface area (Å²) in [7, 11) is -0.316. The van der Waals surface area contributed by atoms with Gasteiger partial charge in [-0.2, -0.15) is 0 Å². The number of guanidine groups is 1. The number of rotatable bonds is 10. The Morgan fingerprint density at radius 1 is 1.07 bits per heavy atom. The van der Waals surface area contributed by atoms with Gasteiger partial charge < -0.3 is 15.5 Å². The molecule has 0 aliphatic rings. The van der Waals surface area contributed by atoms with Crippen molar-refractivity contribution in [3.8, 4) is 0 Å². The summed E-state index contributed by atoms with van der Waals surface area (Å²) < 4.78 is 26.2. The minimum atomic E-state index is -3.44. The van der Waals surface area contributed by atoms with Crippen LogP contribution in [0.15, 0.2) is 64.5 Å². The van der Waals surface area contributed by atoms with E-state index in [4.69, 9.17) is 0 Å². The molecule has 3 N–H and O–H groups in total. The summed E-state index contributed by atoms with van der Waals surface area (Å²) >= 11 is 0. The van der Waals surface area contributed by atoms with Gasteiger partial charge in [0, 0.05) is 38.9 Å². The summed E-state index contributed by atoms with van der Waals surface area (Å²) in [5.41, 5.74) is 2.10. The predicted octanol–water partition coefficient (Wildman–Crippen LogP) is 2.18. The van der Waals surface area contributed by atoms with Crippen LogP contribution in [0.1, 0.15) is 18.9 Å². The molecule has 0 unspecified atom stereocenters. The lowest BCUT2D eigenvalue weighted by atomic mass is 10.2. The fourth-order valence-electron chi connectivity index (χ4n) is 2.93. The lowest BCUT2D eigenvalue weighted by Gasteiger charge is -2.23. The number of para-hydroxylation sites is 1. The van der Waals surface area contributed by atoms with Gasteiger partial charge in [-0.1, -0.05) is 30.3 Å². The smallest absolute Gasteiger partial charge is 0.240 e. The van der Waals surface area contributed by atoms with E-state index in [0.717, 1.165) is 31.6 Å². The molecule has 0 spiro atoms. The van der Waals surface area contributed by atoms with E-state index in [1.165, 1.54) is 12.7 Å². The molecule has 0 saturated carbocycles.